The van der Waals surface area contributed by atoms with Gasteiger partial charge in [0.15, 0.2) is 0 Å². The molecule has 1 aromatic rings. The van der Waals surface area contributed by atoms with Crippen molar-refractivity contribution in [2.75, 3.05) is 19.8 Å². The van der Waals surface area contributed by atoms with E-state index >= 15 is 0 Å². The predicted octanol–water partition coefficient (Wildman–Crippen LogP) is 2.16. The van der Waals surface area contributed by atoms with Crippen LogP contribution in [-0.4, -0.2) is 74.0 Å². The van der Waals surface area contributed by atoms with E-state index in [1.165, 1.54) is 11.8 Å². The number of nitrogens with zero attached hydrogens (tertiary/aromatic N) is 2. The Bertz CT molecular complexity index is 1050. The number of likely N-dealkylation sites (tertiary alicyclic amines) is 1. The van der Waals surface area contributed by atoms with Crippen LogP contribution in [0.2, 0.25) is 0 Å². The molecule has 1 aromatic carbocycles. The van der Waals surface area contributed by atoms with Crippen molar-refractivity contribution in [3.8, 4) is 0 Å². The fraction of sp³-hybridized carbons (Fsp3) is 0.500. The summed E-state index contributed by atoms with van der Waals surface area (Å²) in [4.78, 5) is 44.7. The molecule has 0 saturated carbocycles. The monoisotopic (exact) mass is 482 g/mol. The zero-order valence-electron chi connectivity index (χ0n) is 19.4. The third-order valence-electron chi connectivity index (χ3n) is 7.63. The van der Waals surface area contributed by atoms with Crippen LogP contribution in [0, 0.1) is 11.8 Å². The maximum Gasteiger partial charge on any atom is 0.311 e. The summed E-state index contributed by atoms with van der Waals surface area (Å²) in [5, 5.41) is 10.1. The van der Waals surface area contributed by atoms with Crippen LogP contribution in [0.4, 0.5) is 0 Å². The number of rotatable bonds is 5. The van der Waals surface area contributed by atoms with Gasteiger partial charge in [-0.05, 0) is 25.0 Å². The summed E-state index contributed by atoms with van der Waals surface area (Å²) in [6.07, 6.45) is 8.24. The second-order valence-electron chi connectivity index (χ2n) is 9.63. The summed E-state index contributed by atoms with van der Waals surface area (Å²) >= 11 is 1.52. The molecule has 1 unspecified atom stereocenters. The van der Waals surface area contributed by atoms with E-state index in [1.807, 2.05) is 68.5 Å². The van der Waals surface area contributed by atoms with Crippen molar-refractivity contribution in [2.24, 2.45) is 11.8 Å². The SMILES string of the molecule is CC[C@@H](CO)N1C(=O)[C@@H]2[C@@H]3C(=O)OCC=C[C@]3(C)S[C@@]23C=CCN(Cc2ccccc2)C(=O)C13. The van der Waals surface area contributed by atoms with Crippen LogP contribution in [0.15, 0.2) is 54.6 Å². The lowest BCUT2D eigenvalue weighted by molar-refractivity contribution is -0.153. The van der Waals surface area contributed by atoms with Gasteiger partial charge in [-0.1, -0.05) is 55.5 Å². The quantitative estimate of drug-likeness (QED) is 0.511. The standard InChI is InChI=1S/C26H30N2O5S/c1-3-18(16-29)28-21-23(31)27(15-17-9-5-4-6-10-17)13-7-12-26(21)19(22(28)30)20-24(32)33-14-8-11-25(20,2)34-26/h4-12,18-21,29H,3,13-16H2,1-2H3/t18-,19-,20+,21?,25-,26-/m0/s1. The van der Waals surface area contributed by atoms with E-state index < -0.39 is 39.4 Å². The Morgan fingerprint density at radius 1 is 1.12 bits per heavy atom. The minimum absolute atomic E-state index is 0.151. The van der Waals surface area contributed by atoms with Gasteiger partial charge in [-0.25, -0.2) is 0 Å². The highest BCUT2D eigenvalue weighted by molar-refractivity contribution is 8.02. The van der Waals surface area contributed by atoms with Crippen LogP contribution in [-0.2, 0) is 25.7 Å². The van der Waals surface area contributed by atoms with Gasteiger partial charge in [0, 0.05) is 17.8 Å². The molecule has 5 rings (SSSR count). The minimum atomic E-state index is -0.914. The van der Waals surface area contributed by atoms with Gasteiger partial charge >= 0.3 is 5.97 Å². The first-order chi connectivity index (χ1) is 16.4. The molecular formula is C26H30N2O5S. The number of hydrogen-bond acceptors (Lipinski definition) is 6. The molecule has 2 saturated heterocycles. The number of amides is 2. The van der Waals surface area contributed by atoms with E-state index in [0.29, 0.717) is 19.5 Å². The Hall–Kier alpha value is -2.58. The smallest absolute Gasteiger partial charge is 0.311 e. The molecule has 0 aliphatic carbocycles. The molecule has 0 aromatic heterocycles. The summed E-state index contributed by atoms with van der Waals surface area (Å²) in [7, 11) is 0. The van der Waals surface area contributed by atoms with Crippen molar-refractivity contribution in [3.63, 3.8) is 0 Å². The van der Waals surface area contributed by atoms with E-state index in [-0.39, 0.29) is 25.0 Å². The number of benzene rings is 1. The van der Waals surface area contributed by atoms with Gasteiger partial charge in [0.25, 0.3) is 0 Å². The molecule has 0 bridgehead atoms. The van der Waals surface area contributed by atoms with Crippen molar-refractivity contribution in [2.45, 2.75) is 48.4 Å². The molecule has 1 spiro atoms. The highest BCUT2D eigenvalue weighted by atomic mass is 32.2. The fourth-order valence-electron chi connectivity index (χ4n) is 6.09. The van der Waals surface area contributed by atoms with E-state index in [9.17, 15) is 19.5 Å². The lowest BCUT2D eigenvalue weighted by Gasteiger charge is -2.39. The molecule has 7 nitrogen and oxygen atoms in total. The van der Waals surface area contributed by atoms with Gasteiger partial charge in [0.1, 0.15) is 12.6 Å². The van der Waals surface area contributed by atoms with Gasteiger partial charge in [-0.2, -0.15) is 0 Å². The highest BCUT2D eigenvalue weighted by Crippen LogP contribution is 2.65. The second-order valence-corrected chi connectivity index (χ2v) is 11.4. The predicted molar refractivity (Wildman–Crippen MR) is 129 cm³/mol. The van der Waals surface area contributed by atoms with Crippen LogP contribution in [0.5, 0.6) is 0 Å². The molecule has 4 aliphatic heterocycles. The van der Waals surface area contributed by atoms with Crippen LogP contribution < -0.4 is 0 Å². The molecule has 0 radical (unpaired) electrons. The average Bonchev–Trinajstić information content (AvgIpc) is 3.09. The second kappa shape index (κ2) is 8.57. The molecule has 180 valence electrons. The van der Waals surface area contributed by atoms with Crippen molar-refractivity contribution >= 4 is 29.5 Å². The van der Waals surface area contributed by atoms with E-state index in [4.69, 9.17) is 4.74 Å². The number of aliphatic hydroxyl groups excluding tert-OH is 1. The lowest BCUT2D eigenvalue weighted by Crippen LogP contribution is -2.56. The Labute approximate surface area is 203 Å². The fourth-order valence-corrected chi connectivity index (χ4v) is 8.23. The van der Waals surface area contributed by atoms with Crippen molar-refractivity contribution in [3.05, 3.63) is 60.2 Å². The zero-order chi connectivity index (χ0) is 24.1. The number of thioether (sulfide) groups is 1. The van der Waals surface area contributed by atoms with Gasteiger partial charge in [0.2, 0.25) is 11.8 Å². The summed E-state index contributed by atoms with van der Waals surface area (Å²) in [5.41, 5.74) is 1.00. The molecule has 6 atom stereocenters. The van der Waals surface area contributed by atoms with Crippen LogP contribution in [0.25, 0.3) is 0 Å². The van der Waals surface area contributed by atoms with Crippen LogP contribution in [0.1, 0.15) is 25.8 Å². The molecule has 4 aliphatic rings. The van der Waals surface area contributed by atoms with Crippen LogP contribution in [0.3, 0.4) is 0 Å². The summed E-state index contributed by atoms with van der Waals surface area (Å²) < 4.78 is 3.86. The molecule has 34 heavy (non-hydrogen) atoms. The van der Waals surface area contributed by atoms with E-state index in [2.05, 4.69) is 0 Å². The average molecular weight is 483 g/mol. The van der Waals surface area contributed by atoms with Crippen molar-refractivity contribution in [1.82, 2.24) is 9.80 Å². The Kier molecular flexibility index (Phi) is 5.84. The largest absolute Gasteiger partial charge is 0.461 e. The van der Waals surface area contributed by atoms with Crippen LogP contribution >= 0.6 is 11.8 Å². The van der Waals surface area contributed by atoms with Crippen molar-refractivity contribution < 1.29 is 24.2 Å². The third kappa shape index (κ3) is 3.33. The number of ether oxygens (including phenoxy) is 1. The maximum absolute atomic E-state index is 14.2. The molecule has 8 heteroatoms. The van der Waals surface area contributed by atoms with E-state index in [1.54, 1.807) is 9.80 Å². The van der Waals surface area contributed by atoms with Gasteiger partial charge < -0.3 is 19.6 Å². The third-order valence-corrected chi connectivity index (χ3v) is 9.42. The Balaban J connectivity index is 1.62. The number of carbonyl (C=O) groups is 3. The first-order valence-corrected chi connectivity index (χ1v) is 12.7. The Morgan fingerprint density at radius 2 is 1.88 bits per heavy atom. The number of fused-ring (bicyclic) bond motifs is 2. The number of cyclic esters (lactones) is 1. The lowest BCUT2D eigenvalue weighted by atomic mass is 9.75. The Morgan fingerprint density at radius 3 is 2.59 bits per heavy atom. The van der Waals surface area contributed by atoms with Gasteiger partial charge in [0.05, 0.1) is 29.2 Å². The normalized spacial score (nSPS) is 35.4. The summed E-state index contributed by atoms with van der Waals surface area (Å²) in [5.74, 6) is -2.25. The van der Waals surface area contributed by atoms with Gasteiger partial charge in [-0.15, -0.1) is 11.8 Å². The molecule has 2 fully saturated rings. The number of hydrogen-bond donors (Lipinski definition) is 1. The number of carbonyl (C=O) groups excluding carboxylic acids is 3. The number of esters is 1. The van der Waals surface area contributed by atoms with Gasteiger partial charge in [-0.3, -0.25) is 14.4 Å². The molecule has 2 amide bonds. The molecule has 4 heterocycles. The minimum Gasteiger partial charge on any atom is -0.461 e. The highest BCUT2D eigenvalue weighted by Gasteiger charge is 2.74. The topological polar surface area (TPSA) is 87.2 Å². The summed E-state index contributed by atoms with van der Waals surface area (Å²) in [6.45, 7) is 4.63. The zero-order valence-corrected chi connectivity index (χ0v) is 20.2. The first kappa shape index (κ1) is 23.2. The maximum atomic E-state index is 14.2. The van der Waals surface area contributed by atoms with Crippen molar-refractivity contribution in [1.29, 1.82) is 0 Å². The molecular weight excluding hydrogens is 452 g/mol. The van der Waals surface area contributed by atoms with E-state index in [0.717, 1.165) is 5.56 Å². The number of aliphatic hydroxyl groups is 1. The summed E-state index contributed by atoms with van der Waals surface area (Å²) in [6, 6.07) is 8.46. The first-order valence-electron chi connectivity index (χ1n) is 11.8. The molecule has 1 N–H and O–H groups in total.